The average molecular weight is 347 g/mol. The van der Waals surface area contributed by atoms with Gasteiger partial charge in [-0.2, -0.15) is 5.10 Å². The molecule has 3 rings (SSSR count). The minimum atomic E-state index is -0.353. The zero-order valence-electron chi connectivity index (χ0n) is 15.1. The van der Waals surface area contributed by atoms with E-state index in [2.05, 4.69) is 10.5 Å². The van der Waals surface area contributed by atoms with Crippen molar-refractivity contribution in [2.45, 2.75) is 13.8 Å². The Labute approximate surface area is 152 Å². The van der Waals surface area contributed by atoms with Crippen molar-refractivity contribution in [3.05, 3.63) is 83.2 Å². The molecule has 1 aromatic heterocycles. The van der Waals surface area contributed by atoms with E-state index in [1.165, 1.54) is 7.11 Å². The Balaban J connectivity index is 1.93. The molecule has 1 heterocycles. The lowest BCUT2D eigenvalue weighted by molar-refractivity contribution is 0.0601. The first kappa shape index (κ1) is 17.5. The fraction of sp³-hybridized carbons (Fsp3) is 0.143. The number of esters is 1. The Morgan fingerprint density at radius 1 is 1.08 bits per heavy atom. The molecule has 5 nitrogen and oxygen atoms in total. The number of hydrogen-bond donors (Lipinski definition) is 1. The van der Waals surface area contributed by atoms with Crippen molar-refractivity contribution >= 4 is 17.9 Å². The standard InChI is InChI=1S/C21H21N3O2/c1-15-13-17(14-22-23-18-9-5-4-6-10-18)16(2)24(15)20-12-8-7-11-19(20)21(25)26-3/h4-14,23H,1-3H3/b22-14-. The number of para-hydroxylation sites is 2. The molecule has 0 amide bonds. The van der Waals surface area contributed by atoms with Crippen LogP contribution in [0.2, 0.25) is 0 Å². The Hall–Kier alpha value is -3.34. The number of ether oxygens (including phenoxy) is 1. The van der Waals surface area contributed by atoms with E-state index in [-0.39, 0.29) is 5.97 Å². The second-order valence-corrected chi connectivity index (χ2v) is 5.91. The van der Waals surface area contributed by atoms with Crippen LogP contribution in [0.4, 0.5) is 5.69 Å². The summed E-state index contributed by atoms with van der Waals surface area (Å²) in [5.74, 6) is -0.353. The summed E-state index contributed by atoms with van der Waals surface area (Å²) in [4.78, 5) is 12.1. The van der Waals surface area contributed by atoms with Crippen molar-refractivity contribution in [2.75, 3.05) is 12.5 Å². The van der Waals surface area contributed by atoms with Gasteiger partial charge in [-0.3, -0.25) is 5.43 Å². The van der Waals surface area contributed by atoms with E-state index in [0.717, 1.165) is 28.3 Å². The van der Waals surface area contributed by atoms with E-state index < -0.39 is 0 Å². The van der Waals surface area contributed by atoms with Gasteiger partial charge in [-0.15, -0.1) is 0 Å². The number of anilines is 1. The number of methoxy groups -OCH3 is 1. The maximum absolute atomic E-state index is 12.1. The molecule has 2 aromatic carbocycles. The predicted molar refractivity (Wildman–Crippen MR) is 104 cm³/mol. The fourth-order valence-corrected chi connectivity index (χ4v) is 2.93. The first-order chi connectivity index (χ1) is 12.6. The van der Waals surface area contributed by atoms with Crippen LogP contribution in [0.3, 0.4) is 0 Å². The maximum atomic E-state index is 12.1. The number of nitrogens with zero attached hydrogens (tertiary/aromatic N) is 2. The molecule has 132 valence electrons. The van der Waals surface area contributed by atoms with Crippen molar-refractivity contribution in [3.63, 3.8) is 0 Å². The summed E-state index contributed by atoms with van der Waals surface area (Å²) in [5, 5.41) is 4.31. The van der Waals surface area contributed by atoms with Gasteiger partial charge in [0.25, 0.3) is 0 Å². The molecule has 0 saturated heterocycles. The first-order valence-corrected chi connectivity index (χ1v) is 8.32. The van der Waals surface area contributed by atoms with Crippen molar-refractivity contribution < 1.29 is 9.53 Å². The summed E-state index contributed by atoms with van der Waals surface area (Å²) in [7, 11) is 1.39. The summed E-state index contributed by atoms with van der Waals surface area (Å²) < 4.78 is 6.95. The van der Waals surface area contributed by atoms with Crippen LogP contribution >= 0.6 is 0 Å². The summed E-state index contributed by atoms with van der Waals surface area (Å²) in [5.41, 5.74) is 8.25. The van der Waals surface area contributed by atoms with Crippen molar-refractivity contribution in [2.24, 2.45) is 5.10 Å². The summed E-state index contributed by atoms with van der Waals surface area (Å²) in [6.07, 6.45) is 1.78. The molecule has 0 spiro atoms. The van der Waals surface area contributed by atoms with Crippen LogP contribution in [0.5, 0.6) is 0 Å². The average Bonchev–Trinajstić information content (AvgIpc) is 2.95. The third-order valence-corrected chi connectivity index (χ3v) is 4.19. The number of hydrazone groups is 1. The normalized spacial score (nSPS) is 10.9. The molecular weight excluding hydrogens is 326 g/mol. The molecule has 0 saturated carbocycles. The van der Waals surface area contributed by atoms with Gasteiger partial charge in [-0.1, -0.05) is 30.3 Å². The molecule has 5 heteroatoms. The van der Waals surface area contributed by atoms with Crippen LogP contribution in [0.25, 0.3) is 5.69 Å². The van der Waals surface area contributed by atoms with Crippen molar-refractivity contribution in [1.29, 1.82) is 0 Å². The van der Waals surface area contributed by atoms with Crippen LogP contribution in [0, 0.1) is 13.8 Å². The van der Waals surface area contributed by atoms with Crippen molar-refractivity contribution in [3.8, 4) is 5.69 Å². The minimum Gasteiger partial charge on any atom is -0.465 e. The third-order valence-electron chi connectivity index (χ3n) is 4.19. The molecule has 0 radical (unpaired) electrons. The molecule has 0 aliphatic heterocycles. The van der Waals surface area contributed by atoms with Gasteiger partial charge in [0.15, 0.2) is 0 Å². The molecule has 26 heavy (non-hydrogen) atoms. The fourth-order valence-electron chi connectivity index (χ4n) is 2.93. The smallest absolute Gasteiger partial charge is 0.339 e. The number of hydrogen-bond acceptors (Lipinski definition) is 4. The van der Waals surface area contributed by atoms with Crippen LogP contribution in [-0.2, 0) is 4.74 Å². The lowest BCUT2D eigenvalue weighted by Gasteiger charge is -2.13. The van der Waals surface area contributed by atoms with E-state index in [1.807, 2.05) is 73.0 Å². The number of nitrogens with one attached hydrogen (secondary N) is 1. The first-order valence-electron chi connectivity index (χ1n) is 8.32. The topological polar surface area (TPSA) is 55.6 Å². The Bertz CT molecular complexity index is 943. The quantitative estimate of drug-likeness (QED) is 0.425. The van der Waals surface area contributed by atoms with Gasteiger partial charge in [0.2, 0.25) is 0 Å². The van der Waals surface area contributed by atoms with Crippen LogP contribution < -0.4 is 5.43 Å². The number of rotatable bonds is 5. The van der Waals surface area contributed by atoms with E-state index in [1.54, 1.807) is 12.3 Å². The Kier molecular flexibility index (Phi) is 5.17. The van der Waals surface area contributed by atoms with Crippen LogP contribution in [-0.4, -0.2) is 23.9 Å². The van der Waals surface area contributed by atoms with Gasteiger partial charge in [-0.05, 0) is 44.2 Å². The van der Waals surface area contributed by atoms with Crippen molar-refractivity contribution in [1.82, 2.24) is 4.57 Å². The minimum absolute atomic E-state index is 0.353. The van der Waals surface area contributed by atoms with E-state index in [9.17, 15) is 4.79 Å². The van der Waals surface area contributed by atoms with Gasteiger partial charge < -0.3 is 9.30 Å². The number of benzene rings is 2. The highest BCUT2D eigenvalue weighted by molar-refractivity contribution is 5.94. The number of aromatic nitrogens is 1. The highest BCUT2D eigenvalue weighted by Gasteiger charge is 2.16. The van der Waals surface area contributed by atoms with E-state index >= 15 is 0 Å². The second-order valence-electron chi connectivity index (χ2n) is 5.91. The molecule has 0 atom stereocenters. The largest absolute Gasteiger partial charge is 0.465 e. The highest BCUT2D eigenvalue weighted by Crippen LogP contribution is 2.23. The molecular formula is C21H21N3O2. The third kappa shape index (κ3) is 3.52. The zero-order chi connectivity index (χ0) is 18.5. The van der Waals surface area contributed by atoms with E-state index in [0.29, 0.717) is 5.56 Å². The number of carbonyl (C=O) groups excluding carboxylic acids is 1. The maximum Gasteiger partial charge on any atom is 0.339 e. The summed E-state index contributed by atoms with van der Waals surface area (Å²) >= 11 is 0. The molecule has 0 fully saturated rings. The van der Waals surface area contributed by atoms with E-state index in [4.69, 9.17) is 4.74 Å². The second kappa shape index (κ2) is 7.70. The molecule has 0 aliphatic rings. The molecule has 0 aliphatic carbocycles. The molecule has 1 N–H and O–H groups in total. The molecule has 0 unspecified atom stereocenters. The Morgan fingerprint density at radius 3 is 2.50 bits per heavy atom. The SMILES string of the molecule is COC(=O)c1ccccc1-n1c(C)cc(/C=N\Nc2ccccc2)c1C. The highest BCUT2D eigenvalue weighted by atomic mass is 16.5. The number of aryl methyl sites for hydroxylation is 1. The lowest BCUT2D eigenvalue weighted by Crippen LogP contribution is -2.09. The summed E-state index contributed by atoms with van der Waals surface area (Å²) in [6.45, 7) is 4.01. The zero-order valence-corrected chi connectivity index (χ0v) is 15.1. The Morgan fingerprint density at radius 2 is 1.77 bits per heavy atom. The van der Waals surface area contributed by atoms with Gasteiger partial charge in [0, 0.05) is 17.0 Å². The van der Waals surface area contributed by atoms with Gasteiger partial charge in [0.05, 0.1) is 30.3 Å². The lowest BCUT2D eigenvalue weighted by atomic mass is 10.1. The summed E-state index contributed by atoms with van der Waals surface area (Å²) in [6, 6.07) is 19.2. The van der Waals surface area contributed by atoms with Gasteiger partial charge in [-0.25, -0.2) is 4.79 Å². The van der Waals surface area contributed by atoms with Gasteiger partial charge >= 0.3 is 5.97 Å². The monoisotopic (exact) mass is 347 g/mol. The molecule has 0 bridgehead atoms. The van der Waals surface area contributed by atoms with Crippen LogP contribution in [0.1, 0.15) is 27.3 Å². The van der Waals surface area contributed by atoms with Crippen LogP contribution in [0.15, 0.2) is 65.8 Å². The predicted octanol–water partition coefficient (Wildman–Crippen LogP) is 4.33. The van der Waals surface area contributed by atoms with Gasteiger partial charge in [0.1, 0.15) is 0 Å². The number of carbonyl (C=O) groups is 1. The molecule has 3 aromatic rings.